The number of hydrogen-bond donors (Lipinski definition) is 2. The first-order valence-electron chi connectivity index (χ1n) is 6.31. The second-order valence-corrected chi connectivity index (χ2v) is 6.95. The highest BCUT2D eigenvalue weighted by molar-refractivity contribution is 9.10. The third-order valence-corrected chi connectivity index (χ3v) is 4.42. The van der Waals surface area contributed by atoms with E-state index in [4.69, 9.17) is 4.74 Å². The maximum absolute atomic E-state index is 12.8. The molecule has 2 N–H and O–H groups in total. The smallest absolute Gasteiger partial charge is 0.272 e. The molecule has 0 heterocycles. The number of halogens is 2. The van der Waals surface area contributed by atoms with Crippen molar-refractivity contribution in [2.75, 3.05) is 6.61 Å². The fraction of sp³-hybridized carbons (Fsp3) is 0.0714. The van der Waals surface area contributed by atoms with Gasteiger partial charge in [0.15, 0.2) is 6.61 Å². The maximum Gasteiger partial charge on any atom is 0.272 e. The van der Waals surface area contributed by atoms with E-state index in [0.717, 1.165) is 28.7 Å². The van der Waals surface area contributed by atoms with Gasteiger partial charge in [0.1, 0.15) is 11.6 Å². The summed E-state index contributed by atoms with van der Waals surface area (Å²) in [6.07, 6.45) is 0. The van der Waals surface area contributed by atoms with Crippen molar-refractivity contribution < 1.29 is 22.3 Å². The van der Waals surface area contributed by atoms with Gasteiger partial charge in [-0.2, -0.15) is 0 Å². The van der Waals surface area contributed by atoms with Crippen LogP contribution in [0, 0.1) is 5.82 Å². The molecule has 2 aromatic rings. The Kier molecular flexibility index (Phi) is 5.69. The zero-order valence-electron chi connectivity index (χ0n) is 11.6. The van der Waals surface area contributed by atoms with Gasteiger partial charge in [0.2, 0.25) is 0 Å². The predicted molar refractivity (Wildman–Crippen MR) is 84.5 cm³/mol. The third-order valence-electron chi connectivity index (χ3n) is 2.63. The second kappa shape index (κ2) is 7.53. The third kappa shape index (κ3) is 5.31. The topological polar surface area (TPSA) is 84.5 Å². The second-order valence-electron chi connectivity index (χ2n) is 4.35. The summed E-state index contributed by atoms with van der Waals surface area (Å²) in [4.78, 5) is 13.3. The summed E-state index contributed by atoms with van der Waals surface area (Å²) in [5.41, 5.74) is 2.01. The van der Waals surface area contributed by atoms with Gasteiger partial charge in [-0.25, -0.2) is 12.8 Å². The van der Waals surface area contributed by atoms with Crippen molar-refractivity contribution in [3.8, 4) is 5.75 Å². The summed E-state index contributed by atoms with van der Waals surface area (Å²) in [6.45, 7) is -0.367. The molecule has 2 aromatic carbocycles. The van der Waals surface area contributed by atoms with Crippen LogP contribution < -0.4 is 15.0 Å². The first-order chi connectivity index (χ1) is 10.9. The Morgan fingerprint density at radius 2 is 1.70 bits per heavy atom. The van der Waals surface area contributed by atoms with E-state index in [2.05, 4.69) is 15.9 Å². The molecule has 0 radical (unpaired) electrons. The lowest BCUT2D eigenvalue weighted by Gasteiger charge is -2.09. The summed E-state index contributed by atoms with van der Waals surface area (Å²) in [5.74, 6) is -0.778. The fourth-order valence-corrected chi connectivity index (χ4v) is 2.64. The minimum absolute atomic E-state index is 0.173. The SMILES string of the molecule is O=C(COc1ccc(Br)cc1)NNS(=O)(=O)c1ccc(F)cc1. The van der Waals surface area contributed by atoms with Gasteiger partial charge in [0.05, 0.1) is 4.90 Å². The average Bonchev–Trinajstić information content (AvgIpc) is 2.53. The first-order valence-corrected chi connectivity index (χ1v) is 8.59. The van der Waals surface area contributed by atoms with Crippen molar-refractivity contribution in [2.24, 2.45) is 0 Å². The molecular weight excluding hydrogens is 391 g/mol. The van der Waals surface area contributed by atoms with Crippen LogP contribution in [-0.4, -0.2) is 20.9 Å². The number of carbonyl (C=O) groups is 1. The first kappa shape index (κ1) is 17.4. The van der Waals surface area contributed by atoms with Gasteiger partial charge in [-0.3, -0.25) is 10.2 Å². The predicted octanol–water partition coefficient (Wildman–Crippen LogP) is 1.98. The number of nitrogens with one attached hydrogen (secondary N) is 2. The molecule has 0 atom stereocenters. The minimum atomic E-state index is -3.97. The zero-order chi connectivity index (χ0) is 16.9. The van der Waals surface area contributed by atoms with Crippen LogP contribution in [-0.2, 0) is 14.8 Å². The highest BCUT2D eigenvalue weighted by Gasteiger charge is 2.15. The Bertz CT molecular complexity index is 779. The Morgan fingerprint density at radius 1 is 1.09 bits per heavy atom. The summed E-state index contributed by atoms with van der Waals surface area (Å²) in [6, 6.07) is 11.0. The Labute approximate surface area is 140 Å². The van der Waals surface area contributed by atoms with E-state index in [1.165, 1.54) is 0 Å². The van der Waals surface area contributed by atoms with E-state index in [1.807, 2.05) is 10.3 Å². The van der Waals surface area contributed by atoms with Gasteiger partial charge in [0, 0.05) is 4.47 Å². The Morgan fingerprint density at radius 3 is 2.30 bits per heavy atom. The van der Waals surface area contributed by atoms with Crippen LogP contribution in [0.1, 0.15) is 0 Å². The van der Waals surface area contributed by atoms with Crippen molar-refractivity contribution in [1.82, 2.24) is 10.3 Å². The number of hydrogen-bond acceptors (Lipinski definition) is 4. The molecule has 0 aromatic heterocycles. The van der Waals surface area contributed by atoms with Crippen molar-refractivity contribution in [1.29, 1.82) is 0 Å². The molecule has 0 spiro atoms. The standard InChI is InChI=1S/C14H12BrFN2O4S/c15-10-1-5-12(6-2-10)22-9-14(19)17-18-23(20,21)13-7-3-11(16)4-8-13/h1-8,18H,9H2,(H,17,19). The number of rotatable bonds is 6. The summed E-state index contributed by atoms with van der Waals surface area (Å²) < 4.78 is 42.6. The molecule has 23 heavy (non-hydrogen) atoms. The Hall–Kier alpha value is -1.97. The van der Waals surface area contributed by atoms with Crippen LogP contribution >= 0.6 is 15.9 Å². The highest BCUT2D eigenvalue weighted by Crippen LogP contribution is 2.15. The fourth-order valence-electron chi connectivity index (χ4n) is 1.51. The van der Waals surface area contributed by atoms with Gasteiger partial charge in [0.25, 0.3) is 15.9 Å². The van der Waals surface area contributed by atoms with Gasteiger partial charge < -0.3 is 4.74 Å². The van der Waals surface area contributed by atoms with Crippen LogP contribution in [0.5, 0.6) is 5.75 Å². The molecule has 1 amide bonds. The molecule has 0 aliphatic rings. The van der Waals surface area contributed by atoms with Gasteiger partial charge >= 0.3 is 0 Å². The molecule has 122 valence electrons. The molecule has 0 aliphatic heterocycles. The van der Waals surface area contributed by atoms with E-state index >= 15 is 0 Å². The lowest BCUT2D eigenvalue weighted by atomic mass is 10.3. The van der Waals surface area contributed by atoms with Crippen LogP contribution in [0.15, 0.2) is 57.9 Å². The Balaban J connectivity index is 1.86. The quantitative estimate of drug-likeness (QED) is 0.723. The summed E-state index contributed by atoms with van der Waals surface area (Å²) in [5, 5.41) is 0. The molecule has 0 saturated heterocycles. The van der Waals surface area contributed by atoms with Crippen LogP contribution in [0.3, 0.4) is 0 Å². The van der Waals surface area contributed by atoms with E-state index in [9.17, 15) is 17.6 Å². The molecule has 0 fully saturated rings. The number of carbonyl (C=O) groups excluding carboxylic acids is 1. The van der Waals surface area contributed by atoms with E-state index in [1.54, 1.807) is 24.3 Å². The molecule has 0 saturated carbocycles. The van der Waals surface area contributed by atoms with E-state index < -0.39 is 21.7 Å². The summed E-state index contributed by atoms with van der Waals surface area (Å²) >= 11 is 3.26. The van der Waals surface area contributed by atoms with Gasteiger partial charge in [-0.15, -0.1) is 4.83 Å². The van der Waals surface area contributed by atoms with Gasteiger partial charge in [-0.05, 0) is 48.5 Å². The molecular formula is C14H12BrFN2O4S. The highest BCUT2D eigenvalue weighted by atomic mass is 79.9. The normalized spacial score (nSPS) is 11.0. The number of ether oxygens (including phenoxy) is 1. The minimum Gasteiger partial charge on any atom is -0.484 e. The zero-order valence-corrected chi connectivity index (χ0v) is 14.0. The number of hydrazine groups is 1. The van der Waals surface area contributed by atoms with E-state index in [-0.39, 0.29) is 11.5 Å². The van der Waals surface area contributed by atoms with Gasteiger partial charge in [-0.1, -0.05) is 15.9 Å². The average molecular weight is 403 g/mol. The molecule has 9 heteroatoms. The van der Waals surface area contributed by atoms with E-state index in [0.29, 0.717) is 5.75 Å². The number of amides is 1. The van der Waals surface area contributed by atoms with Crippen LogP contribution in [0.4, 0.5) is 4.39 Å². The molecule has 0 unspecified atom stereocenters. The van der Waals surface area contributed by atoms with Crippen molar-refractivity contribution in [3.63, 3.8) is 0 Å². The maximum atomic E-state index is 12.8. The molecule has 6 nitrogen and oxygen atoms in total. The summed E-state index contributed by atoms with van der Waals surface area (Å²) in [7, 11) is -3.97. The lowest BCUT2D eigenvalue weighted by Crippen LogP contribution is -2.43. The van der Waals surface area contributed by atoms with Crippen molar-refractivity contribution in [2.45, 2.75) is 4.90 Å². The lowest BCUT2D eigenvalue weighted by molar-refractivity contribution is -0.123. The van der Waals surface area contributed by atoms with Crippen LogP contribution in [0.25, 0.3) is 0 Å². The molecule has 0 bridgehead atoms. The molecule has 2 rings (SSSR count). The molecule has 0 aliphatic carbocycles. The van der Waals surface area contributed by atoms with Crippen LogP contribution in [0.2, 0.25) is 0 Å². The van der Waals surface area contributed by atoms with Crippen molar-refractivity contribution in [3.05, 3.63) is 58.8 Å². The number of sulfonamides is 1. The van der Waals surface area contributed by atoms with Crippen molar-refractivity contribution >= 4 is 31.9 Å². The largest absolute Gasteiger partial charge is 0.484 e. The number of benzene rings is 2. The monoisotopic (exact) mass is 402 g/mol.